The first-order valence-electron chi connectivity index (χ1n) is 4.75. The van der Waals surface area contributed by atoms with Crippen molar-refractivity contribution < 1.29 is 158 Å². The topological polar surface area (TPSA) is 187 Å². The summed E-state index contributed by atoms with van der Waals surface area (Å²) in [6.45, 7) is 6.54. The van der Waals surface area contributed by atoms with Gasteiger partial charge in [-0.15, -0.1) is 0 Å². The molecule has 0 fully saturated rings. The largest absolute Gasteiger partial charge is 1.00 e. The zero-order valence-electron chi connectivity index (χ0n) is 15.6. The van der Waals surface area contributed by atoms with Crippen molar-refractivity contribution in [3.05, 3.63) is 0 Å². The predicted molar refractivity (Wildman–Crippen MR) is 57.5 cm³/mol. The van der Waals surface area contributed by atoms with Crippen molar-refractivity contribution in [3.8, 4) is 0 Å². The Hall–Kier alpha value is 1.84. The summed E-state index contributed by atoms with van der Waals surface area (Å²) in [7, 11) is 0. The smallest absolute Gasteiger partial charge is 0.550 e. The first-order chi connectivity index (χ1) is 8.34. The normalized spacial score (nSPS) is 5.13. The summed E-state index contributed by atoms with van der Waals surface area (Å²) in [6, 6.07) is 0. The minimum absolute atomic E-state index is 0. The van der Waals surface area contributed by atoms with E-state index in [1.807, 2.05) is 6.92 Å². The van der Waals surface area contributed by atoms with Crippen molar-refractivity contribution >= 4 is 23.9 Å². The van der Waals surface area contributed by atoms with E-state index in [0.717, 1.165) is 34.2 Å². The number of aliphatic carboxylic acids is 4. The van der Waals surface area contributed by atoms with Crippen molar-refractivity contribution in [1.29, 1.82) is 0 Å². The standard InChI is InChI=1S/C2H7N.4C2H4O2.4Na/c1-2-3;4*1-2(3)4;;;;/h2-3H2,1H3;4*1H3,(H,3,4);;;;/q;;;;;4*+1/p-4. The summed E-state index contributed by atoms with van der Waals surface area (Å²) in [5, 5.41) is 35.6. The second kappa shape index (κ2) is 56.5. The number of hydrogen-bond acceptors (Lipinski definition) is 9. The molecule has 0 aromatic rings. The van der Waals surface area contributed by atoms with E-state index in [2.05, 4.69) is 0 Å². The molecule has 0 rings (SSSR count). The molecule has 0 aromatic heterocycles. The maximum Gasteiger partial charge on any atom is 1.00 e. The maximum absolute atomic E-state index is 8.89. The van der Waals surface area contributed by atoms with Crippen LogP contribution in [0.3, 0.4) is 0 Å². The summed E-state index contributed by atoms with van der Waals surface area (Å²) >= 11 is 0. The fourth-order valence-electron chi connectivity index (χ4n) is 0. The number of carbonyl (C=O) groups is 4. The third-order valence-corrected chi connectivity index (χ3v) is 0. The Morgan fingerprint density at radius 2 is 0.609 bits per heavy atom. The van der Waals surface area contributed by atoms with E-state index < -0.39 is 23.9 Å². The predicted octanol–water partition coefficient (Wildman–Crippen LogP) is -17.0. The molecule has 0 bridgehead atoms. The minimum atomic E-state index is -1.08. The van der Waals surface area contributed by atoms with Crippen LogP contribution in [-0.2, 0) is 19.2 Å². The summed E-state index contributed by atoms with van der Waals surface area (Å²) in [4.78, 5) is 35.6. The summed E-state index contributed by atoms with van der Waals surface area (Å²) < 4.78 is 0. The van der Waals surface area contributed by atoms with E-state index in [1.165, 1.54) is 0 Å². The summed E-state index contributed by atoms with van der Waals surface area (Å²) in [5.41, 5.74) is 4.85. The van der Waals surface area contributed by atoms with Crippen molar-refractivity contribution in [2.75, 3.05) is 6.54 Å². The third kappa shape index (κ3) is 3360. The Balaban J connectivity index is -0.0000000146. The van der Waals surface area contributed by atoms with Gasteiger partial charge in [0.2, 0.25) is 0 Å². The van der Waals surface area contributed by atoms with Gasteiger partial charge in [0.25, 0.3) is 0 Å². The monoisotopic (exact) mass is 373 g/mol. The molecular weight excluding hydrogens is 354 g/mol. The molecule has 0 heterocycles. The molecule has 9 nitrogen and oxygen atoms in total. The average molecular weight is 373 g/mol. The molecule has 0 aliphatic carbocycles. The molecule has 23 heavy (non-hydrogen) atoms. The van der Waals surface area contributed by atoms with Gasteiger partial charge in [-0.3, -0.25) is 0 Å². The zero-order valence-corrected chi connectivity index (χ0v) is 23.6. The van der Waals surface area contributed by atoms with E-state index in [-0.39, 0.29) is 118 Å². The van der Waals surface area contributed by atoms with Crippen LogP contribution < -0.4 is 144 Å². The van der Waals surface area contributed by atoms with E-state index in [0.29, 0.717) is 0 Å². The second-order valence-electron chi connectivity index (χ2n) is 2.37. The fraction of sp³-hybridized carbons (Fsp3) is 0.600. The first kappa shape index (κ1) is 56.3. The fourth-order valence-corrected chi connectivity index (χ4v) is 0. The number of carboxylic acid groups (broad SMARTS) is 4. The molecule has 13 heteroatoms. The van der Waals surface area contributed by atoms with E-state index in [4.69, 9.17) is 45.3 Å². The number of nitrogens with two attached hydrogens (primary N) is 1. The minimum Gasteiger partial charge on any atom is -0.550 e. The summed E-state index contributed by atoms with van der Waals surface area (Å²) in [5.74, 6) is -4.33. The maximum atomic E-state index is 8.89. The molecule has 0 amide bonds. The SMILES string of the molecule is CC(=O)[O-].CC(=O)[O-].CC(=O)[O-].CC(=O)[O-].CCN.[Na+].[Na+].[Na+].[Na+]. The first-order valence-corrected chi connectivity index (χ1v) is 4.75. The zero-order chi connectivity index (χ0) is 17.0. The van der Waals surface area contributed by atoms with Gasteiger partial charge in [-0.1, -0.05) is 6.92 Å². The van der Waals surface area contributed by atoms with Gasteiger partial charge in [-0.05, 0) is 34.2 Å². The van der Waals surface area contributed by atoms with Gasteiger partial charge in [-0.25, -0.2) is 0 Å². The number of carbonyl (C=O) groups excluding carboxylic acids is 4. The van der Waals surface area contributed by atoms with Crippen molar-refractivity contribution in [2.45, 2.75) is 34.6 Å². The van der Waals surface area contributed by atoms with Gasteiger partial charge < -0.3 is 45.3 Å². The molecule has 0 aromatic carbocycles. The van der Waals surface area contributed by atoms with Gasteiger partial charge in [0.1, 0.15) is 0 Å². The van der Waals surface area contributed by atoms with E-state index >= 15 is 0 Å². The van der Waals surface area contributed by atoms with Crippen LogP contribution in [0.5, 0.6) is 0 Å². The van der Waals surface area contributed by atoms with Crippen LogP contribution in [0.2, 0.25) is 0 Å². The molecule has 2 N–H and O–H groups in total. The second-order valence-corrected chi connectivity index (χ2v) is 2.37. The van der Waals surface area contributed by atoms with Crippen LogP contribution >= 0.6 is 0 Å². The third-order valence-electron chi connectivity index (χ3n) is 0. The van der Waals surface area contributed by atoms with Gasteiger partial charge in [0.05, 0.1) is 0 Å². The molecule has 0 aliphatic rings. The number of carboxylic acids is 4. The number of rotatable bonds is 0. The molecule has 0 spiro atoms. The number of hydrogen-bond donors (Lipinski definition) is 1. The molecule has 116 valence electrons. The Morgan fingerprint density at radius 3 is 0.609 bits per heavy atom. The van der Waals surface area contributed by atoms with Crippen LogP contribution in [0.15, 0.2) is 0 Å². The molecule has 0 atom stereocenters. The van der Waals surface area contributed by atoms with Crippen LogP contribution in [0, 0.1) is 0 Å². The Labute approximate surface area is 225 Å². The molecule has 0 saturated heterocycles. The van der Waals surface area contributed by atoms with E-state index in [9.17, 15) is 0 Å². The van der Waals surface area contributed by atoms with E-state index in [1.54, 1.807) is 0 Å². The van der Waals surface area contributed by atoms with Gasteiger partial charge in [-0.2, -0.15) is 0 Å². The van der Waals surface area contributed by atoms with Gasteiger partial charge in [0.15, 0.2) is 0 Å². The Bertz CT molecular complexity index is 191. The van der Waals surface area contributed by atoms with Crippen LogP contribution in [0.4, 0.5) is 0 Å². The van der Waals surface area contributed by atoms with Crippen LogP contribution in [0.1, 0.15) is 34.6 Å². The Kier molecular flexibility index (Phi) is 138. The molecule has 0 unspecified atom stereocenters. The molecule has 0 aliphatic heterocycles. The molecule has 0 radical (unpaired) electrons. The Morgan fingerprint density at radius 1 is 0.609 bits per heavy atom. The van der Waals surface area contributed by atoms with Gasteiger partial charge >= 0.3 is 118 Å². The van der Waals surface area contributed by atoms with Gasteiger partial charge in [0, 0.05) is 23.9 Å². The molecular formula is C10H19NNa4O8. The average Bonchev–Trinajstić information content (AvgIpc) is 1.97. The van der Waals surface area contributed by atoms with Crippen molar-refractivity contribution in [1.82, 2.24) is 0 Å². The summed E-state index contributed by atoms with van der Waals surface area (Å²) in [6.07, 6.45) is 0. The van der Waals surface area contributed by atoms with Crippen molar-refractivity contribution in [3.63, 3.8) is 0 Å². The molecule has 0 saturated carbocycles. The van der Waals surface area contributed by atoms with Crippen molar-refractivity contribution in [2.24, 2.45) is 5.73 Å². The van der Waals surface area contributed by atoms with Crippen LogP contribution in [0.25, 0.3) is 0 Å². The quantitative estimate of drug-likeness (QED) is 0.402. The van der Waals surface area contributed by atoms with Crippen LogP contribution in [-0.4, -0.2) is 30.4 Å².